The molecule has 0 aliphatic carbocycles. The Hall–Kier alpha value is -1.26. The molecule has 104 valence electrons. The maximum absolute atomic E-state index is 12.6. The van der Waals surface area contributed by atoms with Crippen LogP contribution in [0.5, 0.6) is 5.75 Å². The molecule has 0 saturated carbocycles. The second-order valence-electron chi connectivity index (χ2n) is 5.00. The van der Waals surface area contributed by atoms with E-state index < -0.39 is 0 Å². The first-order chi connectivity index (χ1) is 9.02. The van der Waals surface area contributed by atoms with Gasteiger partial charge in [-0.2, -0.15) is 0 Å². The van der Waals surface area contributed by atoms with E-state index in [4.69, 9.17) is 16.3 Å². The Balaban J connectivity index is 2.29. The molecule has 1 N–H and O–H groups in total. The van der Waals surface area contributed by atoms with Crippen LogP contribution in [0.1, 0.15) is 24.2 Å². The summed E-state index contributed by atoms with van der Waals surface area (Å²) in [5.41, 5.74) is 0.452. The number of benzene rings is 1. The number of amides is 1. The number of hydrogen-bond acceptors (Lipinski definition) is 3. The second kappa shape index (κ2) is 5.80. The summed E-state index contributed by atoms with van der Waals surface area (Å²) in [4.78, 5) is 14.5. The maximum atomic E-state index is 12.6. The van der Waals surface area contributed by atoms with E-state index >= 15 is 0 Å². The highest BCUT2D eigenvalue weighted by atomic mass is 35.5. The fourth-order valence-corrected chi connectivity index (χ4v) is 2.78. The molecule has 1 saturated heterocycles. The Morgan fingerprint density at radius 1 is 1.37 bits per heavy atom. The van der Waals surface area contributed by atoms with Crippen LogP contribution in [-0.2, 0) is 0 Å². The molecule has 19 heavy (non-hydrogen) atoms. The summed E-state index contributed by atoms with van der Waals surface area (Å²) in [7, 11) is 1.55. The van der Waals surface area contributed by atoms with Gasteiger partial charge in [-0.15, -0.1) is 0 Å². The van der Waals surface area contributed by atoms with Gasteiger partial charge in [-0.05, 0) is 26.0 Å². The number of halogens is 1. The van der Waals surface area contributed by atoms with E-state index in [1.165, 1.54) is 0 Å². The lowest BCUT2D eigenvalue weighted by atomic mass is 10.1. The predicted octanol–water partition coefficient (Wildman–Crippen LogP) is 2.17. The number of rotatable bonds is 2. The van der Waals surface area contributed by atoms with Crippen LogP contribution in [0.2, 0.25) is 5.02 Å². The zero-order valence-corrected chi connectivity index (χ0v) is 12.2. The third-order valence-electron chi connectivity index (χ3n) is 3.25. The largest absolute Gasteiger partial charge is 0.496 e. The molecule has 2 atom stereocenters. The van der Waals surface area contributed by atoms with Crippen molar-refractivity contribution < 1.29 is 9.53 Å². The number of piperazine rings is 1. The van der Waals surface area contributed by atoms with Crippen molar-refractivity contribution in [3.05, 3.63) is 28.8 Å². The van der Waals surface area contributed by atoms with Crippen molar-refractivity contribution in [3.63, 3.8) is 0 Å². The van der Waals surface area contributed by atoms with Crippen molar-refractivity contribution in [2.24, 2.45) is 0 Å². The van der Waals surface area contributed by atoms with Crippen LogP contribution in [0.25, 0.3) is 0 Å². The first-order valence-corrected chi connectivity index (χ1v) is 6.78. The van der Waals surface area contributed by atoms with Crippen molar-refractivity contribution >= 4 is 17.5 Å². The minimum Gasteiger partial charge on any atom is -0.496 e. The maximum Gasteiger partial charge on any atom is 0.259 e. The van der Waals surface area contributed by atoms with Crippen molar-refractivity contribution in [3.8, 4) is 5.75 Å². The summed E-state index contributed by atoms with van der Waals surface area (Å²) in [6.45, 7) is 5.49. The van der Waals surface area contributed by atoms with Gasteiger partial charge in [0.25, 0.3) is 5.91 Å². The Morgan fingerprint density at radius 2 is 2.00 bits per heavy atom. The molecule has 0 aromatic heterocycles. The van der Waals surface area contributed by atoms with Gasteiger partial charge in [0.05, 0.1) is 12.1 Å². The number of ether oxygens (including phenoxy) is 1. The topological polar surface area (TPSA) is 41.6 Å². The van der Waals surface area contributed by atoms with E-state index in [-0.39, 0.29) is 18.0 Å². The Labute approximate surface area is 118 Å². The van der Waals surface area contributed by atoms with E-state index in [1.54, 1.807) is 25.3 Å². The van der Waals surface area contributed by atoms with Crippen LogP contribution in [0.15, 0.2) is 18.2 Å². The SMILES string of the molecule is COc1cccc(Cl)c1C(=O)N1C[C@@H](C)N[C@H](C)C1. The minimum absolute atomic E-state index is 0.0670. The molecule has 1 aliphatic heterocycles. The van der Waals surface area contributed by atoms with Crippen molar-refractivity contribution in [1.82, 2.24) is 10.2 Å². The van der Waals surface area contributed by atoms with Crippen LogP contribution in [-0.4, -0.2) is 43.1 Å². The molecular formula is C14H19ClN2O2. The third kappa shape index (κ3) is 3.01. The Morgan fingerprint density at radius 3 is 2.58 bits per heavy atom. The van der Waals surface area contributed by atoms with Crippen LogP contribution in [0.4, 0.5) is 0 Å². The van der Waals surface area contributed by atoms with Gasteiger partial charge in [-0.3, -0.25) is 4.79 Å². The molecule has 1 amide bonds. The third-order valence-corrected chi connectivity index (χ3v) is 3.57. The van der Waals surface area contributed by atoms with E-state index in [1.807, 2.05) is 4.90 Å². The van der Waals surface area contributed by atoms with E-state index in [2.05, 4.69) is 19.2 Å². The molecule has 2 rings (SSSR count). The fraction of sp³-hybridized carbons (Fsp3) is 0.500. The van der Waals surface area contributed by atoms with Crippen molar-refractivity contribution in [2.75, 3.05) is 20.2 Å². The van der Waals surface area contributed by atoms with E-state index in [9.17, 15) is 4.79 Å². The zero-order valence-electron chi connectivity index (χ0n) is 11.4. The van der Waals surface area contributed by atoms with Gasteiger partial charge < -0.3 is 15.0 Å². The summed E-state index contributed by atoms with van der Waals surface area (Å²) < 4.78 is 5.24. The summed E-state index contributed by atoms with van der Waals surface area (Å²) in [5, 5.41) is 3.83. The Bertz CT molecular complexity index is 469. The second-order valence-corrected chi connectivity index (χ2v) is 5.40. The van der Waals surface area contributed by atoms with Crippen LogP contribution >= 0.6 is 11.6 Å². The highest BCUT2D eigenvalue weighted by molar-refractivity contribution is 6.34. The molecule has 4 nitrogen and oxygen atoms in total. The average molecular weight is 283 g/mol. The van der Waals surface area contributed by atoms with Gasteiger partial charge in [0.2, 0.25) is 0 Å². The van der Waals surface area contributed by atoms with Crippen LogP contribution in [0, 0.1) is 0 Å². The summed E-state index contributed by atoms with van der Waals surface area (Å²) in [5.74, 6) is 0.457. The first kappa shape index (κ1) is 14.2. The molecule has 1 aliphatic rings. The molecule has 1 heterocycles. The number of carbonyl (C=O) groups is 1. The molecule has 0 radical (unpaired) electrons. The van der Waals surface area contributed by atoms with Crippen LogP contribution in [0.3, 0.4) is 0 Å². The van der Waals surface area contributed by atoms with E-state index in [0.29, 0.717) is 29.4 Å². The average Bonchev–Trinajstić information content (AvgIpc) is 2.36. The number of carbonyl (C=O) groups excluding carboxylic acids is 1. The van der Waals surface area contributed by atoms with E-state index in [0.717, 1.165) is 0 Å². The highest BCUT2D eigenvalue weighted by Crippen LogP contribution is 2.28. The lowest BCUT2D eigenvalue weighted by molar-refractivity contribution is 0.0670. The van der Waals surface area contributed by atoms with Gasteiger partial charge in [-0.25, -0.2) is 0 Å². The number of nitrogens with zero attached hydrogens (tertiary/aromatic N) is 1. The lowest BCUT2D eigenvalue weighted by Gasteiger charge is -2.36. The lowest BCUT2D eigenvalue weighted by Crippen LogP contribution is -2.55. The molecule has 1 aromatic rings. The van der Waals surface area contributed by atoms with Gasteiger partial charge in [0.1, 0.15) is 11.3 Å². The Kier molecular flexibility index (Phi) is 4.32. The smallest absolute Gasteiger partial charge is 0.259 e. The van der Waals surface area contributed by atoms with Crippen LogP contribution < -0.4 is 10.1 Å². The highest BCUT2D eigenvalue weighted by Gasteiger charge is 2.28. The van der Waals surface area contributed by atoms with Gasteiger partial charge in [0.15, 0.2) is 0 Å². The molecule has 0 bridgehead atoms. The fourth-order valence-electron chi connectivity index (χ4n) is 2.53. The molecule has 1 fully saturated rings. The van der Waals surface area contributed by atoms with Crippen molar-refractivity contribution in [1.29, 1.82) is 0 Å². The minimum atomic E-state index is -0.0670. The standard InChI is InChI=1S/C14H19ClN2O2/c1-9-7-17(8-10(2)16-9)14(18)13-11(15)5-4-6-12(13)19-3/h4-6,9-10,16H,7-8H2,1-3H3/t9-,10-/m1/s1. The number of methoxy groups -OCH3 is 1. The van der Waals surface area contributed by atoms with Gasteiger partial charge in [-0.1, -0.05) is 17.7 Å². The molecule has 0 spiro atoms. The quantitative estimate of drug-likeness (QED) is 0.904. The molecule has 5 heteroatoms. The van der Waals surface area contributed by atoms with Gasteiger partial charge >= 0.3 is 0 Å². The predicted molar refractivity (Wildman–Crippen MR) is 76.0 cm³/mol. The molecule has 1 aromatic carbocycles. The zero-order chi connectivity index (χ0) is 14.0. The normalized spacial score (nSPS) is 23.3. The summed E-state index contributed by atoms with van der Waals surface area (Å²) in [6.07, 6.45) is 0. The number of hydrogen-bond donors (Lipinski definition) is 1. The molecular weight excluding hydrogens is 264 g/mol. The van der Waals surface area contributed by atoms with Crippen molar-refractivity contribution in [2.45, 2.75) is 25.9 Å². The number of nitrogens with one attached hydrogen (secondary N) is 1. The van der Waals surface area contributed by atoms with Gasteiger partial charge in [0, 0.05) is 25.2 Å². The summed E-state index contributed by atoms with van der Waals surface area (Å²) >= 11 is 6.15. The summed E-state index contributed by atoms with van der Waals surface area (Å²) in [6, 6.07) is 5.81. The monoisotopic (exact) mass is 282 g/mol. The first-order valence-electron chi connectivity index (χ1n) is 6.40. The molecule has 0 unspecified atom stereocenters.